The first-order chi connectivity index (χ1) is 11.3. The molecular formula is C18H11N5. The van der Waals surface area contributed by atoms with E-state index >= 15 is 0 Å². The van der Waals surface area contributed by atoms with E-state index in [1.807, 2.05) is 54.6 Å². The van der Waals surface area contributed by atoms with E-state index in [9.17, 15) is 0 Å². The average Bonchev–Trinajstić information content (AvgIpc) is 3.09. The van der Waals surface area contributed by atoms with Gasteiger partial charge in [-0.25, -0.2) is 0 Å². The number of hydrogen-bond donors (Lipinski definition) is 1. The molecule has 0 aliphatic heterocycles. The van der Waals surface area contributed by atoms with Crippen LogP contribution < -0.4 is 0 Å². The Bertz CT molecular complexity index is 919. The molecule has 3 rings (SSSR count). The summed E-state index contributed by atoms with van der Waals surface area (Å²) in [5, 5.41) is 28.0. The number of nitrogens with zero attached hydrogens (tertiary/aromatic N) is 4. The highest BCUT2D eigenvalue weighted by Crippen LogP contribution is 2.20. The molecule has 0 radical (unpaired) electrons. The van der Waals surface area contributed by atoms with Gasteiger partial charge in [-0.15, -0.1) is 5.10 Å². The Morgan fingerprint density at radius 1 is 0.783 bits per heavy atom. The molecule has 3 aromatic rings. The molecule has 5 heteroatoms. The molecule has 2 aromatic carbocycles. The minimum atomic E-state index is 0.283. The number of rotatable bonds is 3. The summed E-state index contributed by atoms with van der Waals surface area (Å²) in [6.07, 6.45) is 3.96. The van der Waals surface area contributed by atoms with Gasteiger partial charge in [0.25, 0.3) is 0 Å². The van der Waals surface area contributed by atoms with Gasteiger partial charge in [0.1, 0.15) is 11.8 Å². The van der Waals surface area contributed by atoms with Crippen molar-refractivity contribution in [3.8, 4) is 23.4 Å². The second-order valence-corrected chi connectivity index (χ2v) is 4.82. The van der Waals surface area contributed by atoms with Crippen molar-refractivity contribution in [2.45, 2.75) is 0 Å². The van der Waals surface area contributed by atoms with Crippen LogP contribution in [0.5, 0.6) is 0 Å². The molecule has 0 amide bonds. The lowest BCUT2D eigenvalue weighted by molar-refractivity contribution is 0.937. The molecule has 5 nitrogen and oxygen atoms in total. The maximum atomic E-state index is 8.97. The lowest BCUT2D eigenvalue weighted by Crippen LogP contribution is -1.83. The Kier molecular flexibility index (Phi) is 3.95. The van der Waals surface area contributed by atoms with Crippen LogP contribution in [0.15, 0.2) is 48.5 Å². The van der Waals surface area contributed by atoms with Gasteiger partial charge in [-0.1, -0.05) is 48.6 Å². The van der Waals surface area contributed by atoms with Crippen LogP contribution >= 0.6 is 0 Å². The molecule has 0 fully saturated rings. The van der Waals surface area contributed by atoms with E-state index < -0.39 is 0 Å². The lowest BCUT2D eigenvalue weighted by Gasteiger charge is -1.98. The van der Waals surface area contributed by atoms with Crippen LogP contribution in [-0.4, -0.2) is 15.4 Å². The molecule has 0 spiro atoms. The smallest absolute Gasteiger partial charge is 0.190 e. The van der Waals surface area contributed by atoms with Gasteiger partial charge in [0.2, 0.25) is 0 Å². The van der Waals surface area contributed by atoms with E-state index in [2.05, 4.69) is 21.5 Å². The van der Waals surface area contributed by atoms with Crippen molar-refractivity contribution >= 4 is 12.2 Å². The van der Waals surface area contributed by atoms with Crippen molar-refractivity contribution in [2.24, 2.45) is 0 Å². The molecule has 0 saturated carbocycles. The second-order valence-electron chi connectivity index (χ2n) is 4.82. The summed E-state index contributed by atoms with van der Waals surface area (Å²) in [6.45, 7) is 0. The van der Waals surface area contributed by atoms with Crippen LogP contribution in [0.4, 0.5) is 0 Å². The van der Waals surface area contributed by atoms with Crippen molar-refractivity contribution in [3.63, 3.8) is 0 Å². The average molecular weight is 297 g/mol. The predicted molar refractivity (Wildman–Crippen MR) is 86.6 cm³/mol. The van der Waals surface area contributed by atoms with Crippen molar-refractivity contribution in [1.29, 1.82) is 10.5 Å². The quantitative estimate of drug-likeness (QED) is 0.750. The molecule has 0 aliphatic carbocycles. The summed E-state index contributed by atoms with van der Waals surface area (Å²) in [4.78, 5) is 0. The molecule has 1 N–H and O–H groups in total. The zero-order valence-electron chi connectivity index (χ0n) is 12.1. The van der Waals surface area contributed by atoms with E-state index in [-0.39, 0.29) is 5.69 Å². The molecule has 0 unspecified atom stereocenters. The number of benzene rings is 2. The van der Waals surface area contributed by atoms with Gasteiger partial charge in [-0.2, -0.15) is 20.8 Å². The number of nitrogens with one attached hydrogen (secondary N) is 1. The molecule has 0 saturated heterocycles. The fourth-order valence-electron chi connectivity index (χ4n) is 2.12. The van der Waals surface area contributed by atoms with Gasteiger partial charge < -0.3 is 0 Å². The predicted octanol–water partition coefficient (Wildman–Crippen LogP) is 3.39. The van der Waals surface area contributed by atoms with E-state index in [0.29, 0.717) is 11.3 Å². The summed E-state index contributed by atoms with van der Waals surface area (Å²) in [5.41, 5.74) is 4.37. The van der Waals surface area contributed by atoms with E-state index in [4.69, 9.17) is 10.5 Å². The summed E-state index contributed by atoms with van der Waals surface area (Å²) in [6, 6.07) is 19.2. The van der Waals surface area contributed by atoms with Crippen LogP contribution in [0.2, 0.25) is 0 Å². The second kappa shape index (κ2) is 6.38. The molecule has 1 aromatic heterocycles. The number of nitriles is 2. The molecule has 0 bridgehead atoms. The van der Waals surface area contributed by atoms with Crippen LogP contribution in [0.25, 0.3) is 23.4 Å². The van der Waals surface area contributed by atoms with Crippen LogP contribution in [0.3, 0.4) is 0 Å². The minimum absolute atomic E-state index is 0.283. The standard InChI is InChI=1S/C18H11N5/c19-11-15-5-3-13(4-6-15)1-2-14-7-9-16(10-8-14)18-17(12-20)21-23-22-18/h1-10H,(H,21,22,23)/b2-1+. The van der Waals surface area contributed by atoms with Gasteiger partial charge in [0, 0.05) is 5.56 Å². The zero-order chi connectivity index (χ0) is 16.1. The van der Waals surface area contributed by atoms with Gasteiger partial charge in [0.05, 0.1) is 11.6 Å². The summed E-state index contributed by atoms with van der Waals surface area (Å²) >= 11 is 0. The lowest BCUT2D eigenvalue weighted by atomic mass is 10.1. The highest BCUT2D eigenvalue weighted by Gasteiger charge is 2.08. The highest BCUT2D eigenvalue weighted by molar-refractivity contribution is 5.72. The van der Waals surface area contributed by atoms with Crippen LogP contribution in [0, 0.1) is 22.7 Å². The first-order valence-electron chi connectivity index (χ1n) is 6.90. The minimum Gasteiger partial charge on any atom is -0.196 e. The Morgan fingerprint density at radius 3 is 1.96 bits per heavy atom. The van der Waals surface area contributed by atoms with Gasteiger partial charge >= 0.3 is 0 Å². The van der Waals surface area contributed by atoms with E-state index in [1.165, 1.54) is 0 Å². The first kappa shape index (κ1) is 14.2. The Balaban J connectivity index is 1.78. The normalized spacial score (nSPS) is 10.3. The van der Waals surface area contributed by atoms with E-state index in [0.717, 1.165) is 16.7 Å². The zero-order valence-corrected chi connectivity index (χ0v) is 12.1. The highest BCUT2D eigenvalue weighted by atomic mass is 15.3. The number of hydrogen-bond acceptors (Lipinski definition) is 4. The molecule has 0 atom stereocenters. The number of aromatic nitrogens is 3. The van der Waals surface area contributed by atoms with Gasteiger partial charge in [-0.05, 0) is 23.3 Å². The fourth-order valence-corrected chi connectivity index (χ4v) is 2.12. The molecule has 0 aliphatic rings. The summed E-state index contributed by atoms with van der Waals surface area (Å²) in [7, 11) is 0. The summed E-state index contributed by atoms with van der Waals surface area (Å²) < 4.78 is 0. The molecule has 23 heavy (non-hydrogen) atoms. The van der Waals surface area contributed by atoms with E-state index in [1.54, 1.807) is 12.1 Å². The third-order valence-corrected chi connectivity index (χ3v) is 3.35. The Hall–Kier alpha value is -3.70. The van der Waals surface area contributed by atoms with Crippen LogP contribution in [0.1, 0.15) is 22.4 Å². The fraction of sp³-hybridized carbons (Fsp3) is 0. The van der Waals surface area contributed by atoms with Gasteiger partial charge in [0.15, 0.2) is 5.69 Å². The topological polar surface area (TPSA) is 89.2 Å². The third kappa shape index (κ3) is 3.15. The van der Waals surface area contributed by atoms with Crippen molar-refractivity contribution < 1.29 is 0 Å². The van der Waals surface area contributed by atoms with Crippen LogP contribution in [-0.2, 0) is 0 Å². The van der Waals surface area contributed by atoms with Crippen molar-refractivity contribution in [1.82, 2.24) is 15.4 Å². The van der Waals surface area contributed by atoms with Crippen molar-refractivity contribution in [3.05, 3.63) is 70.9 Å². The first-order valence-corrected chi connectivity index (χ1v) is 6.90. The monoisotopic (exact) mass is 297 g/mol. The molecule has 1 heterocycles. The molecular weight excluding hydrogens is 286 g/mol. The maximum Gasteiger partial charge on any atom is 0.190 e. The largest absolute Gasteiger partial charge is 0.196 e. The number of aromatic amines is 1. The van der Waals surface area contributed by atoms with Gasteiger partial charge in [-0.3, -0.25) is 0 Å². The number of H-pyrrole nitrogens is 1. The Labute approximate surface area is 133 Å². The van der Waals surface area contributed by atoms with Crippen molar-refractivity contribution in [2.75, 3.05) is 0 Å². The molecule has 108 valence electrons. The SMILES string of the molecule is N#Cc1ccc(/C=C/c2ccc(-c3n[nH]nc3C#N)cc2)cc1. The third-order valence-electron chi connectivity index (χ3n) is 3.35. The Morgan fingerprint density at radius 2 is 1.39 bits per heavy atom. The summed E-state index contributed by atoms with van der Waals surface area (Å²) in [5.74, 6) is 0. The maximum absolute atomic E-state index is 8.97.